The van der Waals surface area contributed by atoms with Crippen LogP contribution in [0.15, 0.2) is 54.4 Å². The molecular weight excluding hydrogens is 352 g/mol. The van der Waals surface area contributed by atoms with E-state index >= 15 is 0 Å². The van der Waals surface area contributed by atoms with Gasteiger partial charge in [0.25, 0.3) is 0 Å². The third-order valence-electron chi connectivity index (χ3n) is 4.01. The highest BCUT2D eigenvalue weighted by Crippen LogP contribution is 2.18. The summed E-state index contributed by atoms with van der Waals surface area (Å²) in [6.45, 7) is 7.50. The largest absolute Gasteiger partial charge is 0.405 e. The molecule has 1 aromatic carbocycles. The van der Waals surface area contributed by atoms with Gasteiger partial charge in [-0.15, -0.1) is 0 Å². The van der Waals surface area contributed by atoms with Crippen LogP contribution in [0.3, 0.4) is 0 Å². The second kappa shape index (κ2) is 11.7. The molecule has 0 amide bonds. The molecule has 150 valence electrons. The van der Waals surface area contributed by atoms with Gasteiger partial charge in [0, 0.05) is 24.4 Å². The van der Waals surface area contributed by atoms with Gasteiger partial charge in [0.1, 0.15) is 0 Å². The summed E-state index contributed by atoms with van der Waals surface area (Å²) in [5, 5.41) is 6.47. The molecule has 0 aliphatic carbocycles. The Morgan fingerprint density at radius 3 is 2.54 bits per heavy atom. The van der Waals surface area contributed by atoms with Gasteiger partial charge < -0.3 is 21.1 Å². The molecule has 0 spiro atoms. The second-order valence-electron chi connectivity index (χ2n) is 6.18. The molecule has 1 aromatic heterocycles. The van der Waals surface area contributed by atoms with E-state index < -0.39 is 0 Å². The first-order valence-electron chi connectivity index (χ1n) is 9.68. The minimum absolute atomic E-state index is 0.111. The minimum Gasteiger partial charge on any atom is -0.405 e. The number of nitrogens with two attached hydrogens (primary N) is 1. The molecule has 2 aromatic rings. The van der Waals surface area contributed by atoms with E-state index in [1.165, 1.54) is 6.20 Å². The van der Waals surface area contributed by atoms with Crippen molar-refractivity contribution in [3.63, 3.8) is 0 Å². The summed E-state index contributed by atoms with van der Waals surface area (Å²) in [7, 11) is 0. The second-order valence-corrected chi connectivity index (χ2v) is 6.18. The fraction of sp³-hybridized carbons (Fsp3) is 0.381. The van der Waals surface area contributed by atoms with Gasteiger partial charge in [0.05, 0.1) is 6.10 Å². The van der Waals surface area contributed by atoms with E-state index in [0.29, 0.717) is 24.3 Å². The summed E-state index contributed by atoms with van der Waals surface area (Å²) < 4.78 is 5.84. The van der Waals surface area contributed by atoms with Crippen molar-refractivity contribution < 1.29 is 4.74 Å². The molecule has 7 nitrogen and oxygen atoms in total. The maximum Gasteiger partial charge on any atom is 0.232 e. The number of allylic oxidation sites excluding steroid dienone is 2. The van der Waals surface area contributed by atoms with Crippen molar-refractivity contribution in [3.8, 4) is 11.4 Å². The molecule has 7 heteroatoms. The predicted molar refractivity (Wildman–Crippen MR) is 115 cm³/mol. The Kier molecular flexibility index (Phi) is 8.94. The third-order valence-corrected chi connectivity index (χ3v) is 4.01. The van der Waals surface area contributed by atoms with Crippen LogP contribution in [-0.2, 0) is 4.74 Å². The van der Waals surface area contributed by atoms with Crippen molar-refractivity contribution in [2.75, 3.05) is 23.8 Å². The number of benzene rings is 1. The van der Waals surface area contributed by atoms with E-state index in [4.69, 9.17) is 10.5 Å². The van der Waals surface area contributed by atoms with Crippen LogP contribution in [-0.4, -0.2) is 34.2 Å². The number of hydrogen-bond donors (Lipinski definition) is 3. The van der Waals surface area contributed by atoms with Crippen LogP contribution in [0.5, 0.6) is 0 Å². The van der Waals surface area contributed by atoms with Gasteiger partial charge in [-0.1, -0.05) is 50.3 Å². The Labute approximate surface area is 167 Å². The number of nitrogens with zero attached hydrogens (tertiary/aromatic N) is 3. The van der Waals surface area contributed by atoms with E-state index in [1.807, 2.05) is 43.3 Å². The van der Waals surface area contributed by atoms with Crippen molar-refractivity contribution in [1.82, 2.24) is 15.0 Å². The summed E-state index contributed by atoms with van der Waals surface area (Å²) >= 11 is 0. The first-order valence-corrected chi connectivity index (χ1v) is 9.68. The molecule has 1 atom stereocenters. The summed E-state index contributed by atoms with van der Waals surface area (Å²) in [6, 6.07) is 9.82. The zero-order valence-corrected chi connectivity index (χ0v) is 16.9. The third kappa shape index (κ3) is 6.66. The molecule has 0 aliphatic heterocycles. The lowest BCUT2D eigenvalue weighted by atomic mass is 10.2. The molecule has 0 saturated carbocycles. The standard InChI is InChI=1S/C21H30N6O/c1-4-14-28-18(6-3)15-23-20-25-19(16-10-8-7-9-11-16)26-21(27-20)24-17(5-2)12-13-22/h5,7-13,18H,4,6,14-15,22H2,1-3H3,(H2,23,24,25,26,27)/b13-12-,17-5+. The van der Waals surface area contributed by atoms with Gasteiger partial charge in [0.2, 0.25) is 11.9 Å². The first kappa shape index (κ1) is 21.4. The number of anilines is 2. The number of hydrogen-bond acceptors (Lipinski definition) is 7. The summed E-state index contributed by atoms with van der Waals surface area (Å²) in [6.07, 6.45) is 7.14. The number of rotatable bonds is 11. The van der Waals surface area contributed by atoms with Crippen molar-refractivity contribution in [2.45, 2.75) is 39.7 Å². The average molecular weight is 383 g/mol. The number of aromatic nitrogens is 3. The topological polar surface area (TPSA) is 98.0 Å². The van der Waals surface area contributed by atoms with Crippen LogP contribution in [0.4, 0.5) is 11.9 Å². The van der Waals surface area contributed by atoms with Gasteiger partial charge in [-0.25, -0.2) is 0 Å². The average Bonchev–Trinajstić information content (AvgIpc) is 2.74. The van der Waals surface area contributed by atoms with Crippen LogP contribution >= 0.6 is 0 Å². The van der Waals surface area contributed by atoms with Crippen LogP contribution in [0.2, 0.25) is 0 Å². The van der Waals surface area contributed by atoms with E-state index in [0.717, 1.165) is 30.7 Å². The highest BCUT2D eigenvalue weighted by atomic mass is 16.5. The van der Waals surface area contributed by atoms with Gasteiger partial charge >= 0.3 is 0 Å². The van der Waals surface area contributed by atoms with Crippen LogP contribution in [0, 0.1) is 0 Å². The molecule has 28 heavy (non-hydrogen) atoms. The summed E-state index contributed by atoms with van der Waals surface area (Å²) in [4.78, 5) is 13.6. The lowest BCUT2D eigenvalue weighted by molar-refractivity contribution is 0.0599. The minimum atomic E-state index is 0.111. The molecule has 0 radical (unpaired) electrons. The molecule has 1 heterocycles. The molecule has 0 fully saturated rings. The Balaban J connectivity index is 2.26. The smallest absolute Gasteiger partial charge is 0.232 e. The quantitative estimate of drug-likeness (QED) is 0.506. The van der Waals surface area contributed by atoms with Crippen molar-refractivity contribution >= 4 is 11.9 Å². The van der Waals surface area contributed by atoms with E-state index in [9.17, 15) is 0 Å². The van der Waals surface area contributed by atoms with Gasteiger partial charge in [-0.05, 0) is 32.0 Å². The highest BCUT2D eigenvalue weighted by Gasteiger charge is 2.11. The molecule has 0 bridgehead atoms. The fourth-order valence-electron chi connectivity index (χ4n) is 2.48. The lowest BCUT2D eigenvalue weighted by Crippen LogP contribution is -2.24. The van der Waals surface area contributed by atoms with E-state index in [-0.39, 0.29) is 6.10 Å². The van der Waals surface area contributed by atoms with Gasteiger partial charge in [-0.3, -0.25) is 0 Å². The maximum absolute atomic E-state index is 5.84. The van der Waals surface area contributed by atoms with E-state index in [1.54, 1.807) is 6.08 Å². The monoisotopic (exact) mass is 382 g/mol. The first-order chi connectivity index (χ1) is 13.7. The fourth-order valence-corrected chi connectivity index (χ4v) is 2.48. The van der Waals surface area contributed by atoms with Gasteiger partial charge in [-0.2, -0.15) is 15.0 Å². The van der Waals surface area contributed by atoms with Crippen LogP contribution < -0.4 is 16.4 Å². The maximum atomic E-state index is 5.84. The lowest BCUT2D eigenvalue weighted by Gasteiger charge is -2.17. The van der Waals surface area contributed by atoms with Crippen LogP contribution in [0.1, 0.15) is 33.6 Å². The molecule has 4 N–H and O–H groups in total. The zero-order chi connectivity index (χ0) is 20.2. The Hall–Kier alpha value is -2.93. The van der Waals surface area contributed by atoms with Crippen molar-refractivity contribution in [3.05, 3.63) is 54.4 Å². The molecule has 0 aliphatic rings. The Bertz CT molecular complexity index is 776. The SMILES string of the molecule is C/C=C(\C=C/N)Nc1nc(NCC(CC)OCCC)nc(-c2ccccc2)n1. The molecule has 2 rings (SSSR count). The summed E-state index contributed by atoms with van der Waals surface area (Å²) in [5.74, 6) is 1.54. The van der Waals surface area contributed by atoms with Gasteiger partial charge in [0.15, 0.2) is 5.82 Å². The highest BCUT2D eigenvalue weighted by molar-refractivity contribution is 5.58. The number of nitrogens with one attached hydrogen (secondary N) is 2. The number of ether oxygens (including phenoxy) is 1. The normalized spacial score (nSPS) is 12.9. The molecule has 0 saturated heterocycles. The van der Waals surface area contributed by atoms with Crippen molar-refractivity contribution in [2.24, 2.45) is 5.73 Å². The molecular formula is C21H30N6O. The Morgan fingerprint density at radius 1 is 1.14 bits per heavy atom. The van der Waals surface area contributed by atoms with E-state index in [2.05, 4.69) is 39.4 Å². The zero-order valence-electron chi connectivity index (χ0n) is 16.9. The van der Waals surface area contributed by atoms with Crippen LogP contribution in [0.25, 0.3) is 11.4 Å². The Morgan fingerprint density at radius 2 is 1.89 bits per heavy atom. The molecule has 1 unspecified atom stereocenters. The van der Waals surface area contributed by atoms with Crippen molar-refractivity contribution in [1.29, 1.82) is 0 Å². The summed E-state index contributed by atoms with van der Waals surface area (Å²) in [5.41, 5.74) is 7.23. The predicted octanol–water partition coefficient (Wildman–Crippen LogP) is 3.94.